The van der Waals surface area contributed by atoms with E-state index in [-0.39, 0.29) is 0 Å². The third-order valence-electron chi connectivity index (χ3n) is 6.09. The highest BCUT2D eigenvalue weighted by Gasteiger charge is 2.16. The molecule has 170 valence electrons. The van der Waals surface area contributed by atoms with E-state index in [2.05, 4.69) is 61.4 Å². The average molecular weight is 444 g/mol. The van der Waals surface area contributed by atoms with E-state index in [9.17, 15) is 0 Å². The van der Waals surface area contributed by atoms with Crippen LogP contribution in [0.4, 0.5) is 17.1 Å². The fraction of sp³-hybridized carbons (Fsp3) is 0.320. The van der Waals surface area contributed by atoms with Crippen LogP contribution in [-0.4, -0.2) is 64.3 Å². The van der Waals surface area contributed by atoms with Gasteiger partial charge in [-0.1, -0.05) is 6.92 Å². The summed E-state index contributed by atoms with van der Waals surface area (Å²) < 4.78 is 7.10. The molecule has 0 aliphatic carbocycles. The Hall–Kier alpha value is -3.65. The number of hydrogen-bond donors (Lipinski definition) is 1. The highest BCUT2D eigenvalue weighted by atomic mass is 16.5. The molecule has 0 unspecified atom stereocenters. The summed E-state index contributed by atoms with van der Waals surface area (Å²) in [5.74, 6) is 0.565. The van der Waals surface area contributed by atoms with Gasteiger partial charge in [-0.2, -0.15) is 5.10 Å². The molecule has 0 radical (unpaired) electrons. The summed E-state index contributed by atoms with van der Waals surface area (Å²) >= 11 is 0. The summed E-state index contributed by atoms with van der Waals surface area (Å²) in [6.45, 7) is 7.86. The molecule has 1 fully saturated rings. The van der Waals surface area contributed by atoms with E-state index < -0.39 is 0 Å². The van der Waals surface area contributed by atoms with Crippen molar-refractivity contribution in [2.24, 2.45) is 0 Å². The highest BCUT2D eigenvalue weighted by molar-refractivity contribution is 5.78. The van der Waals surface area contributed by atoms with Gasteiger partial charge in [0.15, 0.2) is 5.65 Å². The first-order valence-corrected chi connectivity index (χ1v) is 11.4. The zero-order valence-electron chi connectivity index (χ0n) is 19.1. The van der Waals surface area contributed by atoms with E-state index in [1.54, 1.807) is 19.6 Å². The quantitative estimate of drug-likeness (QED) is 0.462. The van der Waals surface area contributed by atoms with Crippen molar-refractivity contribution in [2.75, 3.05) is 50.1 Å². The van der Waals surface area contributed by atoms with E-state index in [0.717, 1.165) is 54.5 Å². The van der Waals surface area contributed by atoms with E-state index >= 15 is 0 Å². The molecule has 33 heavy (non-hydrogen) atoms. The first-order chi connectivity index (χ1) is 16.2. The number of ether oxygens (including phenoxy) is 1. The van der Waals surface area contributed by atoms with Gasteiger partial charge in [-0.25, -0.2) is 14.5 Å². The second-order valence-electron chi connectivity index (χ2n) is 8.22. The molecule has 0 bridgehead atoms. The Labute approximate surface area is 193 Å². The molecule has 1 saturated heterocycles. The first kappa shape index (κ1) is 21.2. The molecule has 0 amide bonds. The zero-order valence-corrected chi connectivity index (χ0v) is 19.1. The molecule has 1 aliphatic heterocycles. The van der Waals surface area contributed by atoms with Crippen molar-refractivity contribution in [3.05, 3.63) is 61.1 Å². The summed E-state index contributed by atoms with van der Waals surface area (Å²) in [5.41, 5.74) is 5.84. The maximum absolute atomic E-state index is 5.27. The predicted molar refractivity (Wildman–Crippen MR) is 131 cm³/mol. The third kappa shape index (κ3) is 4.47. The smallest absolute Gasteiger partial charge is 0.213 e. The summed E-state index contributed by atoms with van der Waals surface area (Å²) in [4.78, 5) is 13.7. The number of nitrogens with one attached hydrogen (secondary N) is 1. The molecule has 0 saturated carbocycles. The van der Waals surface area contributed by atoms with Crippen molar-refractivity contribution in [3.8, 4) is 17.1 Å². The van der Waals surface area contributed by atoms with Crippen molar-refractivity contribution in [3.63, 3.8) is 0 Å². The van der Waals surface area contributed by atoms with Gasteiger partial charge in [0.1, 0.15) is 6.33 Å². The average Bonchev–Trinajstić information content (AvgIpc) is 3.36. The van der Waals surface area contributed by atoms with Gasteiger partial charge in [0.05, 0.1) is 18.5 Å². The van der Waals surface area contributed by atoms with Crippen molar-refractivity contribution in [2.45, 2.75) is 13.3 Å². The Morgan fingerprint density at radius 2 is 1.79 bits per heavy atom. The molecular formula is C25H29N7O. The summed E-state index contributed by atoms with van der Waals surface area (Å²) in [5, 5.41) is 7.94. The molecule has 1 N–H and O–H groups in total. The fourth-order valence-corrected chi connectivity index (χ4v) is 4.36. The van der Waals surface area contributed by atoms with Crippen molar-refractivity contribution >= 4 is 22.7 Å². The SMILES string of the molecule is CCCN1CCN(c2ccc(Nc3ccc(-c4ccnc(OC)c4)n4ncnc34)cc2)CC1. The van der Waals surface area contributed by atoms with Crippen molar-refractivity contribution in [1.29, 1.82) is 0 Å². The van der Waals surface area contributed by atoms with Gasteiger partial charge < -0.3 is 15.0 Å². The number of methoxy groups -OCH3 is 1. The van der Waals surface area contributed by atoms with Crippen LogP contribution in [-0.2, 0) is 0 Å². The number of fused-ring (bicyclic) bond motifs is 1. The minimum atomic E-state index is 0.565. The maximum Gasteiger partial charge on any atom is 0.213 e. The van der Waals surface area contributed by atoms with Crippen LogP contribution in [0.5, 0.6) is 5.88 Å². The van der Waals surface area contributed by atoms with E-state index in [4.69, 9.17) is 4.74 Å². The number of hydrogen-bond acceptors (Lipinski definition) is 7. The second kappa shape index (κ2) is 9.46. The zero-order chi connectivity index (χ0) is 22.6. The number of benzene rings is 1. The first-order valence-electron chi connectivity index (χ1n) is 11.4. The summed E-state index contributed by atoms with van der Waals surface area (Å²) in [7, 11) is 1.61. The fourth-order valence-electron chi connectivity index (χ4n) is 4.36. The molecule has 8 heteroatoms. The van der Waals surface area contributed by atoms with Gasteiger partial charge in [0.2, 0.25) is 5.88 Å². The molecule has 8 nitrogen and oxygen atoms in total. The van der Waals surface area contributed by atoms with Crippen LogP contribution in [0.1, 0.15) is 13.3 Å². The number of rotatable bonds is 7. The monoisotopic (exact) mass is 443 g/mol. The van der Waals surface area contributed by atoms with E-state index in [1.807, 2.05) is 28.8 Å². The number of aromatic nitrogens is 4. The molecular weight excluding hydrogens is 414 g/mol. The van der Waals surface area contributed by atoms with E-state index in [0.29, 0.717) is 5.88 Å². The molecule has 4 aromatic rings. The summed E-state index contributed by atoms with van der Waals surface area (Å²) in [6.07, 6.45) is 4.52. The second-order valence-corrected chi connectivity index (χ2v) is 8.22. The third-order valence-corrected chi connectivity index (χ3v) is 6.09. The van der Waals surface area contributed by atoms with E-state index in [1.165, 1.54) is 18.7 Å². The Kier molecular flexibility index (Phi) is 6.08. The summed E-state index contributed by atoms with van der Waals surface area (Å²) in [6, 6.07) is 16.5. The van der Waals surface area contributed by atoms with Crippen LogP contribution < -0.4 is 15.0 Å². The molecule has 1 aliphatic rings. The number of nitrogens with zero attached hydrogens (tertiary/aromatic N) is 6. The lowest BCUT2D eigenvalue weighted by molar-refractivity contribution is 0.258. The van der Waals surface area contributed by atoms with Gasteiger partial charge in [-0.15, -0.1) is 0 Å². The molecule has 0 spiro atoms. The van der Waals surface area contributed by atoms with Gasteiger partial charge >= 0.3 is 0 Å². The normalized spacial score (nSPS) is 14.5. The Balaban J connectivity index is 1.33. The highest BCUT2D eigenvalue weighted by Crippen LogP contribution is 2.28. The predicted octanol–water partition coefficient (Wildman–Crippen LogP) is 4.08. The lowest BCUT2D eigenvalue weighted by Gasteiger charge is -2.36. The van der Waals surface area contributed by atoms with Crippen LogP contribution in [0.15, 0.2) is 61.1 Å². The van der Waals surface area contributed by atoms with Crippen molar-refractivity contribution in [1.82, 2.24) is 24.5 Å². The largest absolute Gasteiger partial charge is 0.481 e. The number of pyridine rings is 2. The molecule has 3 aromatic heterocycles. The lowest BCUT2D eigenvalue weighted by atomic mass is 10.1. The molecule has 1 aromatic carbocycles. The number of anilines is 3. The molecule has 5 rings (SSSR count). The minimum absolute atomic E-state index is 0.565. The topological polar surface area (TPSA) is 70.8 Å². The van der Waals surface area contributed by atoms with Crippen LogP contribution in [0.3, 0.4) is 0 Å². The Morgan fingerprint density at radius 1 is 0.970 bits per heavy atom. The minimum Gasteiger partial charge on any atom is -0.481 e. The van der Waals surface area contributed by atoms with Gasteiger partial charge in [-0.3, -0.25) is 4.90 Å². The Morgan fingerprint density at radius 3 is 2.55 bits per heavy atom. The van der Waals surface area contributed by atoms with Gasteiger partial charge in [0, 0.05) is 55.4 Å². The van der Waals surface area contributed by atoms with Gasteiger partial charge in [-0.05, 0) is 55.4 Å². The maximum atomic E-state index is 5.27. The molecule has 0 atom stereocenters. The van der Waals surface area contributed by atoms with Crippen LogP contribution in [0.25, 0.3) is 16.9 Å². The van der Waals surface area contributed by atoms with Crippen LogP contribution >= 0.6 is 0 Å². The van der Waals surface area contributed by atoms with Crippen molar-refractivity contribution < 1.29 is 4.74 Å². The molecule has 4 heterocycles. The van der Waals surface area contributed by atoms with Gasteiger partial charge in [0.25, 0.3) is 0 Å². The number of piperazine rings is 1. The standard InChI is InChI=1S/C25H29N7O/c1-3-12-30-13-15-31(16-14-30)21-6-4-20(5-7-21)29-22-8-9-23(32-25(22)27-18-28-32)19-10-11-26-24(17-19)33-2/h4-11,17-18,29H,3,12-16H2,1-2H3. The van der Waals surface area contributed by atoms with Crippen LogP contribution in [0, 0.1) is 0 Å². The lowest BCUT2D eigenvalue weighted by Crippen LogP contribution is -2.46. The Bertz CT molecular complexity index is 1210. The van der Waals surface area contributed by atoms with Crippen LogP contribution in [0.2, 0.25) is 0 Å².